The summed E-state index contributed by atoms with van der Waals surface area (Å²) in [6.45, 7) is 9.65. The number of sulfonamides is 1. The van der Waals surface area contributed by atoms with Crippen LogP contribution in [0.3, 0.4) is 0 Å². The van der Waals surface area contributed by atoms with E-state index in [-0.39, 0.29) is 0 Å². The van der Waals surface area contributed by atoms with Crippen molar-refractivity contribution in [2.75, 3.05) is 31.1 Å². The molecule has 0 atom stereocenters. The predicted octanol–water partition coefficient (Wildman–Crippen LogP) is 3.56. The zero-order chi connectivity index (χ0) is 24.0. The van der Waals surface area contributed by atoms with Gasteiger partial charge in [0.05, 0.1) is 21.6 Å². The van der Waals surface area contributed by atoms with Gasteiger partial charge < -0.3 is 4.90 Å². The molecule has 0 amide bonds. The van der Waals surface area contributed by atoms with Crippen molar-refractivity contribution in [3.05, 3.63) is 71.0 Å². The van der Waals surface area contributed by atoms with Gasteiger partial charge in [-0.25, -0.2) is 23.1 Å². The fraction of sp³-hybridized carbons (Fsp3) is 0.320. The molecule has 1 aliphatic heterocycles. The molecule has 0 unspecified atom stereocenters. The Kier molecular flexibility index (Phi) is 5.61. The molecule has 176 valence electrons. The first kappa shape index (κ1) is 22.5. The molecule has 3 heterocycles. The van der Waals surface area contributed by atoms with Crippen molar-refractivity contribution >= 4 is 26.9 Å². The Hall–Kier alpha value is -3.30. The minimum absolute atomic E-state index is 0.345. The zero-order valence-corrected chi connectivity index (χ0v) is 20.7. The fourth-order valence-corrected chi connectivity index (χ4v) is 5.85. The second-order valence-electron chi connectivity index (χ2n) is 8.84. The first-order valence-electron chi connectivity index (χ1n) is 11.4. The third-order valence-electron chi connectivity index (χ3n) is 6.40. The van der Waals surface area contributed by atoms with Gasteiger partial charge in [-0.3, -0.25) is 0 Å². The minimum Gasteiger partial charge on any atom is -0.351 e. The van der Waals surface area contributed by atoms with Gasteiger partial charge in [0, 0.05) is 31.9 Å². The van der Waals surface area contributed by atoms with Gasteiger partial charge in [0.15, 0.2) is 11.6 Å². The van der Waals surface area contributed by atoms with E-state index in [4.69, 9.17) is 9.97 Å². The van der Waals surface area contributed by atoms with E-state index < -0.39 is 10.0 Å². The van der Waals surface area contributed by atoms with Crippen LogP contribution >= 0.6 is 0 Å². The van der Waals surface area contributed by atoms with Crippen LogP contribution in [-0.4, -0.2) is 58.7 Å². The lowest BCUT2D eigenvalue weighted by atomic mass is 10.1. The molecule has 4 aromatic rings. The summed E-state index contributed by atoms with van der Waals surface area (Å²) < 4.78 is 29.9. The van der Waals surface area contributed by atoms with Gasteiger partial charge >= 0.3 is 0 Å². The normalized spacial score (nSPS) is 15.2. The van der Waals surface area contributed by atoms with Crippen molar-refractivity contribution in [1.29, 1.82) is 0 Å². The molecule has 0 N–H and O–H groups in total. The van der Waals surface area contributed by atoms with Crippen LogP contribution in [0.15, 0.2) is 53.4 Å². The van der Waals surface area contributed by atoms with Crippen LogP contribution in [0.25, 0.3) is 16.9 Å². The Balaban J connectivity index is 1.47. The van der Waals surface area contributed by atoms with Crippen LogP contribution in [-0.2, 0) is 10.0 Å². The van der Waals surface area contributed by atoms with Gasteiger partial charge in [-0.05, 0) is 69.2 Å². The van der Waals surface area contributed by atoms with Crippen LogP contribution in [0.4, 0.5) is 5.82 Å². The number of hydrogen-bond acceptors (Lipinski definition) is 6. The van der Waals surface area contributed by atoms with Gasteiger partial charge in [-0.1, -0.05) is 18.2 Å². The summed E-state index contributed by atoms with van der Waals surface area (Å²) in [4.78, 5) is 12.3. The summed E-state index contributed by atoms with van der Waals surface area (Å²) in [5, 5.41) is 4.63. The number of aryl methyl sites for hydroxylation is 4. The van der Waals surface area contributed by atoms with E-state index in [0.29, 0.717) is 42.7 Å². The predicted molar refractivity (Wildman–Crippen MR) is 133 cm³/mol. The number of para-hydroxylation sites is 2. The summed E-state index contributed by atoms with van der Waals surface area (Å²) in [5.41, 5.74) is 5.52. The summed E-state index contributed by atoms with van der Waals surface area (Å²) >= 11 is 0. The van der Waals surface area contributed by atoms with E-state index in [1.54, 1.807) is 16.4 Å². The second kappa shape index (κ2) is 8.48. The van der Waals surface area contributed by atoms with Crippen molar-refractivity contribution < 1.29 is 8.42 Å². The van der Waals surface area contributed by atoms with Crippen molar-refractivity contribution in [3.8, 4) is 5.82 Å². The van der Waals surface area contributed by atoms with Gasteiger partial charge in [-0.15, -0.1) is 0 Å². The molecule has 0 spiro atoms. The molecule has 0 radical (unpaired) electrons. The van der Waals surface area contributed by atoms with Crippen LogP contribution < -0.4 is 4.90 Å². The number of rotatable bonds is 4. The third kappa shape index (κ3) is 3.95. The summed E-state index contributed by atoms with van der Waals surface area (Å²) in [5.74, 6) is 1.38. The molecule has 5 rings (SSSR count). The van der Waals surface area contributed by atoms with E-state index in [9.17, 15) is 8.42 Å². The number of hydrogen-bond donors (Lipinski definition) is 0. The quantitative estimate of drug-likeness (QED) is 0.448. The van der Waals surface area contributed by atoms with Crippen LogP contribution in [0.5, 0.6) is 0 Å². The zero-order valence-electron chi connectivity index (χ0n) is 19.9. The summed E-state index contributed by atoms with van der Waals surface area (Å²) in [7, 11) is -3.55. The van der Waals surface area contributed by atoms with Gasteiger partial charge in [0.25, 0.3) is 0 Å². The highest BCUT2D eigenvalue weighted by atomic mass is 32.2. The Labute approximate surface area is 199 Å². The van der Waals surface area contributed by atoms with E-state index in [1.807, 2.05) is 68.8 Å². The summed E-state index contributed by atoms with van der Waals surface area (Å²) in [6, 6.07) is 15.1. The molecular formula is C25H28N6O2S. The molecule has 0 bridgehead atoms. The van der Waals surface area contributed by atoms with Crippen molar-refractivity contribution in [2.24, 2.45) is 0 Å². The van der Waals surface area contributed by atoms with E-state index in [2.05, 4.69) is 10.00 Å². The Bertz CT molecular complexity index is 1490. The number of aromatic nitrogens is 4. The van der Waals surface area contributed by atoms with Crippen molar-refractivity contribution in [3.63, 3.8) is 0 Å². The Morgan fingerprint density at radius 3 is 2.00 bits per heavy atom. The van der Waals surface area contributed by atoms with Crippen LogP contribution in [0, 0.1) is 27.7 Å². The van der Waals surface area contributed by atoms with Crippen LogP contribution in [0.2, 0.25) is 0 Å². The molecular weight excluding hydrogens is 448 g/mol. The Morgan fingerprint density at radius 1 is 0.765 bits per heavy atom. The lowest BCUT2D eigenvalue weighted by molar-refractivity contribution is 0.383. The van der Waals surface area contributed by atoms with E-state index in [1.165, 1.54) is 0 Å². The highest BCUT2D eigenvalue weighted by molar-refractivity contribution is 7.89. The molecule has 1 saturated heterocycles. The first-order chi connectivity index (χ1) is 16.2. The number of anilines is 1. The standard InChI is InChI=1S/C25H28N6O2S/c1-17-9-10-21(15-18(17)2)34(32,33)30-13-11-29(12-14-30)24-25(31-20(4)16-19(3)28-31)27-23-8-6-5-7-22(23)26-24/h5-10,15-16H,11-14H2,1-4H3. The first-order valence-corrected chi connectivity index (χ1v) is 12.8. The minimum atomic E-state index is -3.55. The summed E-state index contributed by atoms with van der Waals surface area (Å²) in [6.07, 6.45) is 0. The van der Waals surface area contributed by atoms with Crippen molar-refractivity contribution in [1.82, 2.24) is 24.1 Å². The molecule has 2 aromatic heterocycles. The van der Waals surface area contributed by atoms with Gasteiger partial charge in [0.1, 0.15) is 0 Å². The molecule has 0 aliphatic carbocycles. The average Bonchev–Trinajstić information content (AvgIpc) is 3.17. The largest absolute Gasteiger partial charge is 0.351 e. The number of benzene rings is 2. The molecule has 0 saturated carbocycles. The van der Waals surface area contributed by atoms with E-state index >= 15 is 0 Å². The van der Waals surface area contributed by atoms with Gasteiger partial charge in [0.2, 0.25) is 10.0 Å². The molecule has 1 aliphatic rings. The lowest BCUT2D eigenvalue weighted by Crippen LogP contribution is -2.49. The number of piperazine rings is 1. The maximum atomic E-state index is 13.3. The third-order valence-corrected chi connectivity index (χ3v) is 8.29. The molecule has 9 heteroatoms. The monoisotopic (exact) mass is 476 g/mol. The lowest BCUT2D eigenvalue weighted by Gasteiger charge is -2.35. The Morgan fingerprint density at radius 2 is 1.41 bits per heavy atom. The second-order valence-corrected chi connectivity index (χ2v) is 10.8. The van der Waals surface area contributed by atoms with Gasteiger partial charge in [-0.2, -0.15) is 9.40 Å². The topological polar surface area (TPSA) is 84.2 Å². The number of fused-ring (bicyclic) bond motifs is 1. The highest BCUT2D eigenvalue weighted by Crippen LogP contribution is 2.27. The fourth-order valence-electron chi connectivity index (χ4n) is 4.34. The maximum Gasteiger partial charge on any atom is 0.243 e. The number of nitrogens with zero attached hydrogens (tertiary/aromatic N) is 6. The molecule has 1 fully saturated rings. The SMILES string of the molecule is Cc1cc(C)n(-c2nc3ccccc3nc2N2CCN(S(=O)(=O)c3ccc(C)c(C)c3)CC2)n1. The van der Waals surface area contributed by atoms with Crippen LogP contribution in [0.1, 0.15) is 22.5 Å². The highest BCUT2D eigenvalue weighted by Gasteiger charge is 2.31. The average molecular weight is 477 g/mol. The maximum absolute atomic E-state index is 13.3. The molecule has 34 heavy (non-hydrogen) atoms. The molecule has 2 aromatic carbocycles. The smallest absolute Gasteiger partial charge is 0.243 e. The molecule has 8 nitrogen and oxygen atoms in total. The van der Waals surface area contributed by atoms with E-state index in [0.717, 1.165) is 33.5 Å². The van der Waals surface area contributed by atoms with Crippen molar-refractivity contribution in [2.45, 2.75) is 32.6 Å².